The van der Waals surface area contributed by atoms with E-state index in [2.05, 4.69) is 55.4 Å². The number of benzene rings is 1. The summed E-state index contributed by atoms with van der Waals surface area (Å²) in [4.78, 5) is 0. The third kappa shape index (κ3) is 2.48. The van der Waals surface area contributed by atoms with E-state index < -0.39 is 0 Å². The van der Waals surface area contributed by atoms with Crippen LogP contribution in [0.15, 0.2) is 0 Å². The van der Waals surface area contributed by atoms with Gasteiger partial charge >= 0.3 is 0 Å². The molecule has 0 saturated carbocycles. The Kier molecular flexibility index (Phi) is 3.52. The van der Waals surface area contributed by atoms with Crippen LogP contribution in [0.1, 0.15) is 54.2 Å². The molecule has 0 aliphatic rings. The zero-order valence-corrected chi connectivity index (χ0v) is 12.2. The van der Waals surface area contributed by atoms with E-state index in [-0.39, 0.29) is 0 Å². The molecule has 0 heteroatoms. The van der Waals surface area contributed by atoms with Crippen molar-refractivity contribution >= 4 is 0 Å². The monoisotopic (exact) mass is 218 g/mol. The molecule has 0 unspecified atom stereocenters. The first kappa shape index (κ1) is 13.3. The van der Waals surface area contributed by atoms with E-state index in [9.17, 15) is 0 Å². The van der Waals surface area contributed by atoms with Crippen LogP contribution in [-0.2, 0) is 6.42 Å². The lowest BCUT2D eigenvalue weighted by molar-refractivity contribution is 0.409. The average Bonchev–Trinajstić information content (AvgIpc) is 2.17. The third-order valence-electron chi connectivity index (χ3n) is 3.86. The van der Waals surface area contributed by atoms with E-state index in [0.717, 1.165) is 0 Å². The van der Waals surface area contributed by atoms with Crippen LogP contribution in [-0.4, -0.2) is 0 Å². The second kappa shape index (κ2) is 4.24. The maximum atomic E-state index is 2.32. The highest BCUT2D eigenvalue weighted by Gasteiger charge is 2.18. The van der Waals surface area contributed by atoms with E-state index in [0.29, 0.717) is 5.41 Å². The van der Waals surface area contributed by atoms with Crippen molar-refractivity contribution in [3.63, 3.8) is 0 Å². The summed E-state index contributed by atoms with van der Waals surface area (Å²) >= 11 is 0. The molecule has 0 amide bonds. The van der Waals surface area contributed by atoms with Crippen molar-refractivity contribution in [2.24, 2.45) is 5.41 Å². The first-order valence-corrected chi connectivity index (χ1v) is 6.21. The van der Waals surface area contributed by atoms with Gasteiger partial charge in [-0.1, -0.05) is 20.8 Å². The quantitative estimate of drug-likeness (QED) is 0.634. The van der Waals surface area contributed by atoms with E-state index in [4.69, 9.17) is 0 Å². The molecule has 0 radical (unpaired) electrons. The van der Waals surface area contributed by atoms with E-state index >= 15 is 0 Å². The summed E-state index contributed by atoms with van der Waals surface area (Å²) in [7, 11) is 0. The lowest BCUT2D eigenvalue weighted by Gasteiger charge is -2.25. The van der Waals surface area contributed by atoms with Gasteiger partial charge in [0.25, 0.3) is 0 Å². The topological polar surface area (TPSA) is 0 Å². The third-order valence-corrected chi connectivity index (χ3v) is 3.86. The van der Waals surface area contributed by atoms with Crippen LogP contribution < -0.4 is 0 Å². The minimum Gasteiger partial charge on any atom is -0.0599 e. The summed E-state index contributed by atoms with van der Waals surface area (Å²) in [5, 5.41) is 0. The second-order valence-electron chi connectivity index (χ2n) is 6.34. The van der Waals surface area contributed by atoms with Crippen LogP contribution >= 0.6 is 0 Å². The highest BCUT2D eigenvalue weighted by atomic mass is 14.2. The van der Waals surface area contributed by atoms with Crippen molar-refractivity contribution in [1.82, 2.24) is 0 Å². The molecule has 90 valence electrons. The van der Waals surface area contributed by atoms with Crippen LogP contribution in [0.25, 0.3) is 0 Å². The molecule has 0 fully saturated rings. The van der Waals surface area contributed by atoms with Crippen LogP contribution in [0.5, 0.6) is 0 Å². The Morgan fingerprint density at radius 3 is 1.25 bits per heavy atom. The van der Waals surface area contributed by atoms with Crippen molar-refractivity contribution in [2.45, 2.75) is 61.8 Å². The number of rotatable bonds is 1. The normalized spacial score (nSPS) is 12.0. The first-order chi connectivity index (χ1) is 7.15. The lowest BCUT2D eigenvalue weighted by Crippen LogP contribution is -2.13. The van der Waals surface area contributed by atoms with Gasteiger partial charge in [0.05, 0.1) is 0 Å². The van der Waals surface area contributed by atoms with Gasteiger partial charge in [0.15, 0.2) is 0 Å². The van der Waals surface area contributed by atoms with Crippen molar-refractivity contribution in [2.75, 3.05) is 0 Å². The Bertz CT molecular complexity index is 374. The summed E-state index contributed by atoms with van der Waals surface area (Å²) in [5.74, 6) is 0. The molecule has 1 aromatic carbocycles. The summed E-state index contributed by atoms with van der Waals surface area (Å²) in [6.07, 6.45) is 1.17. The molecule has 0 aliphatic heterocycles. The fraction of sp³-hybridized carbons (Fsp3) is 0.625. The predicted molar refractivity (Wildman–Crippen MR) is 73.3 cm³/mol. The Morgan fingerprint density at radius 1 is 0.625 bits per heavy atom. The zero-order valence-electron chi connectivity index (χ0n) is 12.2. The molecule has 0 nitrogen and oxygen atoms in total. The minimum atomic E-state index is 0.365. The molecule has 0 spiro atoms. The van der Waals surface area contributed by atoms with Crippen LogP contribution in [0.3, 0.4) is 0 Å². The number of hydrogen-bond acceptors (Lipinski definition) is 0. The van der Waals surface area contributed by atoms with Crippen molar-refractivity contribution < 1.29 is 0 Å². The molecule has 1 aromatic rings. The SMILES string of the molecule is Cc1c(C)c(C)c(CC(C)(C)C)c(C)c1C. The maximum absolute atomic E-state index is 2.32. The Balaban J connectivity index is 3.40. The van der Waals surface area contributed by atoms with E-state index in [1.807, 2.05) is 0 Å². The van der Waals surface area contributed by atoms with Gasteiger partial charge in [-0.05, 0) is 79.8 Å². The largest absolute Gasteiger partial charge is 0.0599 e. The Morgan fingerprint density at radius 2 is 0.938 bits per heavy atom. The van der Waals surface area contributed by atoms with Crippen LogP contribution in [0.2, 0.25) is 0 Å². The first-order valence-electron chi connectivity index (χ1n) is 6.21. The standard InChI is InChI=1S/C16H26/c1-10-11(2)13(4)15(9-16(6,7)8)14(5)12(10)3/h9H2,1-8H3. The molecule has 0 saturated heterocycles. The summed E-state index contributed by atoms with van der Waals surface area (Å²) < 4.78 is 0. The predicted octanol–water partition coefficient (Wildman–Crippen LogP) is 4.82. The van der Waals surface area contributed by atoms with Gasteiger partial charge < -0.3 is 0 Å². The van der Waals surface area contributed by atoms with Crippen LogP contribution in [0, 0.1) is 40.0 Å². The molecular weight excluding hydrogens is 192 g/mol. The Labute approximate surface area is 101 Å². The Hall–Kier alpha value is -0.780. The minimum absolute atomic E-state index is 0.365. The van der Waals surface area contributed by atoms with Gasteiger partial charge in [0.2, 0.25) is 0 Å². The average molecular weight is 218 g/mol. The van der Waals surface area contributed by atoms with Gasteiger partial charge in [-0.3, -0.25) is 0 Å². The zero-order chi connectivity index (χ0) is 12.7. The lowest BCUT2D eigenvalue weighted by atomic mass is 9.81. The molecule has 16 heavy (non-hydrogen) atoms. The molecule has 1 rings (SSSR count). The molecule has 0 bridgehead atoms. The van der Waals surface area contributed by atoms with Crippen molar-refractivity contribution in [3.05, 3.63) is 33.4 Å². The molecule has 0 atom stereocenters. The van der Waals surface area contributed by atoms with E-state index in [1.54, 1.807) is 5.56 Å². The number of hydrogen-bond donors (Lipinski definition) is 0. The second-order valence-corrected chi connectivity index (χ2v) is 6.34. The highest BCUT2D eigenvalue weighted by molar-refractivity contribution is 5.49. The molecular formula is C16H26. The van der Waals surface area contributed by atoms with Gasteiger partial charge in [-0.2, -0.15) is 0 Å². The molecule has 0 N–H and O–H groups in total. The maximum Gasteiger partial charge on any atom is -0.0224 e. The van der Waals surface area contributed by atoms with Crippen molar-refractivity contribution in [3.8, 4) is 0 Å². The van der Waals surface area contributed by atoms with Gasteiger partial charge in [-0.25, -0.2) is 0 Å². The smallest absolute Gasteiger partial charge is 0.0224 e. The summed E-state index contributed by atoms with van der Waals surface area (Å²) in [6.45, 7) is 18.2. The molecule has 0 aliphatic carbocycles. The van der Waals surface area contributed by atoms with Crippen LogP contribution in [0.4, 0.5) is 0 Å². The van der Waals surface area contributed by atoms with Gasteiger partial charge in [0.1, 0.15) is 0 Å². The van der Waals surface area contributed by atoms with Gasteiger partial charge in [0, 0.05) is 0 Å². The highest BCUT2D eigenvalue weighted by Crippen LogP contribution is 2.31. The summed E-state index contributed by atoms with van der Waals surface area (Å²) in [5.41, 5.74) is 9.33. The van der Waals surface area contributed by atoms with Gasteiger partial charge in [-0.15, -0.1) is 0 Å². The summed E-state index contributed by atoms with van der Waals surface area (Å²) in [6, 6.07) is 0. The fourth-order valence-corrected chi connectivity index (χ4v) is 2.37. The van der Waals surface area contributed by atoms with E-state index in [1.165, 1.54) is 34.2 Å². The fourth-order valence-electron chi connectivity index (χ4n) is 2.37. The molecule has 0 heterocycles. The van der Waals surface area contributed by atoms with Crippen molar-refractivity contribution in [1.29, 1.82) is 0 Å². The molecule has 0 aromatic heterocycles.